The van der Waals surface area contributed by atoms with Crippen molar-refractivity contribution in [3.8, 4) is 11.5 Å². The summed E-state index contributed by atoms with van der Waals surface area (Å²) in [7, 11) is 3.32. The summed E-state index contributed by atoms with van der Waals surface area (Å²) < 4.78 is 16.0. The summed E-state index contributed by atoms with van der Waals surface area (Å²) in [6, 6.07) is 18.2. The van der Waals surface area contributed by atoms with Crippen molar-refractivity contribution in [2.45, 2.75) is 64.4 Å². The second kappa shape index (κ2) is 12.1. The second-order valence-corrected chi connectivity index (χ2v) is 10.8. The fourth-order valence-corrected chi connectivity index (χ4v) is 4.50. The maximum atomic E-state index is 12.1. The Bertz CT molecular complexity index is 1190. The van der Waals surface area contributed by atoms with Gasteiger partial charge in [0.15, 0.2) is 5.82 Å². The van der Waals surface area contributed by atoms with E-state index in [2.05, 4.69) is 20.5 Å². The first-order valence-electron chi connectivity index (χ1n) is 13.1. The lowest BCUT2D eigenvalue weighted by molar-refractivity contribution is 0.0475. The number of methoxy groups -OCH3 is 2. The Kier molecular flexibility index (Phi) is 8.69. The maximum Gasteiger partial charge on any atom is 0.407 e. The Balaban J connectivity index is 1.47. The van der Waals surface area contributed by atoms with Gasteiger partial charge < -0.3 is 35.5 Å². The number of pyridine rings is 1. The number of nitrogens with one attached hydrogen (secondary N) is 2. The van der Waals surface area contributed by atoms with Gasteiger partial charge in [0, 0.05) is 31.4 Å². The molecule has 2 aromatic carbocycles. The molecule has 1 amide bonds. The van der Waals surface area contributed by atoms with Gasteiger partial charge in [-0.05, 0) is 75.1 Å². The van der Waals surface area contributed by atoms with Gasteiger partial charge in [-0.3, -0.25) is 0 Å². The molecule has 0 saturated heterocycles. The van der Waals surface area contributed by atoms with E-state index in [1.165, 1.54) is 0 Å². The quantitative estimate of drug-likeness (QED) is 0.320. The van der Waals surface area contributed by atoms with E-state index in [1.807, 2.05) is 75.4 Å². The van der Waals surface area contributed by atoms with E-state index in [9.17, 15) is 4.79 Å². The summed E-state index contributed by atoms with van der Waals surface area (Å²) in [4.78, 5) is 18.9. The number of alkyl carbamates (subject to hydrolysis) is 1. The van der Waals surface area contributed by atoms with Crippen LogP contribution >= 0.6 is 0 Å². The predicted octanol–water partition coefficient (Wildman–Crippen LogP) is 5.36. The average molecular weight is 534 g/mol. The van der Waals surface area contributed by atoms with Gasteiger partial charge in [0.2, 0.25) is 0 Å². The molecular formula is C30H39N5O4. The molecule has 4 N–H and O–H groups in total. The third kappa shape index (κ3) is 7.69. The van der Waals surface area contributed by atoms with Crippen LogP contribution in [0.4, 0.5) is 22.0 Å². The third-order valence-electron chi connectivity index (χ3n) is 6.55. The van der Waals surface area contributed by atoms with E-state index in [0.29, 0.717) is 24.6 Å². The lowest BCUT2D eigenvalue weighted by Crippen LogP contribution is -2.50. The minimum atomic E-state index is -0.517. The zero-order valence-electron chi connectivity index (χ0n) is 23.4. The Morgan fingerprint density at radius 2 is 1.46 bits per heavy atom. The van der Waals surface area contributed by atoms with Crippen LogP contribution in [0.25, 0.3) is 0 Å². The van der Waals surface area contributed by atoms with Crippen LogP contribution in [-0.4, -0.2) is 43.0 Å². The van der Waals surface area contributed by atoms with Gasteiger partial charge in [-0.2, -0.15) is 0 Å². The standard InChI is InChI=1S/C30H39N5O4/c1-30(2,3)39-29(36)34-23-16-22(17-23)33-26-14-15-32-28(27(26)31)35(18-20-6-10-24(37-4)11-7-20)19-21-8-12-25(38-5)13-9-21/h6-15,22-23H,16-19,31H2,1-5H3,(H,32,33)(H,34,36). The first-order valence-corrected chi connectivity index (χ1v) is 13.1. The van der Waals surface area contributed by atoms with Crippen molar-refractivity contribution >= 4 is 23.3 Å². The summed E-state index contributed by atoms with van der Waals surface area (Å²) >= 11 is 0. The average Bonchev–Trinajstić information content (AvgIpc) is 2.88. The molecule has 208 valence electrons. The molecular weight excluding hydrogens is 494 g/mol. The number of ether oxygens (including phenoxy) is 3. The lowest BCUT2D eigenvalue weighted by atomic mass is 9.86. The van der Waals surface area contributed by atoms with Crippen LogP contribution in [0.2, 0.25) is 0 Å². The molecule has 1 aliphatic rings. The highest BCUT2D eigenvalue weighted by molar-refractivity contribution is 5.78. The van der Waals surface area contributed by atoms with Gasteiger partial charge in [0.25, 0.3) is 0 Å². The fourth-order valence-electron chi connectivity index (χ4n) is 4.50. The first-order chi connectivity index (χ1) is 18.6. The first kappa shape index (κ1) is 27.9. The fraction of sp³-hybridized carbons (Fsp3) is 0.400. The van der Waals surface area contributed by atoms with E-state index in [0.717, 1.165) is 41.2 Å². The number of carbonyl (C=O) groups excluding carboxylic acids is 1. The molecule has 9 nitrogen and oxygen atoms in total. The number of aromatic nitrogens is 1. The Morgan fingerprint density at radius 1 is 0.923 bits per heavy atom. The third-order valence-corrected chi connectivity index (χ3v) is 6.55. The number of hydrogen-bond donors (Lipinski definition) is 3. The van der Waals surface area contributed by atoms with Gasteiger partial charge in [-0.15, -0.1) is 0 Å². The van der Waals surface area contributed by atoms with Crippen molar-refractivity contribution in [2.24, 2.45) is 0 Å². The number of rotatable bonds is 10. The molecule has 0 radical (unpaired) electrons. The normalized spacial score (nSPS) is 16.5. The molecule has 1 aromatic heterocycles. The summed E-state index contributed by atoms with van der Waals surface area (Å²) in [6.07, 6.45) is 2.97. The zero-order chi connectivity index (χ0) is 28.0. The molecule has 9 heteroatoms. The smallest absolute Gasteiger partial charge is 0.407 e. The number of nitrogen functional groups attached to an aromatic ring is 1. The minimum absolute atomic E-state index is 0.0709. The van der Waals surface area contributed by atoms with Crippen LogP contribution in [0, 0.1) is 0 Å². The van der Waals surface area contributed by atoms with E-state index >= 15 is 0 Å². The number of benzene rings is 2. The van der Waals surface area contributed by atoms with Gasteiger partial charge in [-0.1, -0.05) is 24.3 Å². The Hall–Kier alpha value is -4.14. The van der Waals surface area contributed by atoms with Crippen molar-refractivity contribution < 1.29 is 19.0 Å². The molecule has 0 bridgehead atoms. The Labute approximate surface area is 230 Å². The van der Waals surface area contributed by atoms with Crippen LogP contribution in [0.15, 0.2) is 60.8 Å². The lowest BCUT2D eigenvalue weighted by Gasteiger charge is -2.37. The highest BCUT2D eigenvalue weighted by Gasteiger charge is 2.32. The molecule has 1 fully saturated rings. The van der Waals surface area contributed by atoms with E-state index in [-0.39, 0.29) is 18.2 Å². The van der Waals surface area contributed by atoms with Gasteiger partial charge >= 0.3 is 6.09 Å². The molecule has 0 unspecified atom stereocenters. The highest BCUT2D eigenvalue weighted by Crippen LogP contribution is 2.34. The molecule has 3 aromatic rings. The molecule has 0 spiro atoms. The number of nitrogens with zero attached hydrogens (tertiary/aromatic N) is 2. The number of hydrogen-bond acceptors (Lipinski definition) is 8. The molecule has 1 aliphatic carbocycles. The molecule has 1 heterocycles. The summed E-state index contributed by atoms with van der Waals surface area (Å²) in [5.41, 5.74) is 9.82. The number of amides is 1. The highest BCUT2D eigenvalue weighted by atomic mass is 16.6. The molecule has 4 rings (SSSR count). The van der Waals surface area contributed by atoms with Crippen molar-refractivity contribution in [1.29, 1.82) is 0 Å². The monoisotopic (exact) mass is 533 g/mol. The molecule has 0 aliphatic heterocycles. The van der Waals surface area contributed by atoms with Gasteiger partial charge in [-0.25, -0.2) is 9.78 Å². The SMILES string of the molecule is COc1ccc(CN(Cc2ccc(OC)cc2)c2nccc(NC3CC(NC(=O)OC(C)(C)C)C3)c2N)cc1. The van der Waals surface area contributed by atoms with Crippen LogP contribution in [-0.2, 0) is 17.8 Å². The molecule has 39 heavy (non-hydrogen) atoms. The van der Waals surface area contributed by atoms with Crippen LogP contribution in [0.5, 0.6) is 11.5 Å². The van der Waals surface area contributed by atoms with Crippen molar-refractivity contribution in [3.05, 3.63) is 71.9 Å². The largest absolute Gasteiger partial charge is 0.497 e. The number of carbonyl (C=O) groups is 1. The predicted molar refractivity (Wildman–Crippen MR) is 154 cm³/mol. The maximum absolute atomic E-state index is 12.1. The second-order valence-electron chi connectivity index (χ2n) is 10.8. The number of nitrogens with two attached hydrogens (primary N) is 1. The summed E-state index contributed by atoms with van der Waals surface area (Å²) in [6.45, 7) is 6.79. The van der Waals surface area contributed by atoms with Crippen molar-refractivity contribution in [3.63, 3.8) is 0 Å². The van der Waals surface area contributed by atoms with E-state index in [4.69, 9.17) is 19.9 Å². The van der Waals surface area contributed by atoms with Crippen LogP contribution in [0.1, 0.15) is 44.7 Å². The van der Waals surface area contributed by atoms with Gasteiger partial charge in [0.05, 0.1) is 25.6 Å². The van der Waals surface area contributed by atoms with Crippen molar-refractivity contribution in [2.75, 3.05) is 30.2 Å². The van der Waals surface area contributed by atoms with Crippen molar-refractivity contribution in [1.82, 2.24) is 10.3 Å². The summed E-state index contributed by atoms with van der Waals surface area (Å²) in [5.74, 6) is 2.32. The van der Waals surface area contributed by atoms with E-state index < -0.39 is 5.60 Å². The van der Waals surface area contributed by atoms with E-state index in [1.54, 1.807) is 20.4 Å². The zero-order valence-corrected chi connectivity index (χ0v) is 23.4. The van der Waals surface area contributed by atoms with Crippen LogP contribution < -0.4 is 30.7 Å². The number of anilines is 3. The molecule has 0 atom stereocenters. The topological polar surface area (TPSA) is 111 Å². The Morgan fingerprint density at radius 3 is 1.95 bits per heavy atom. The summed E-state index contributed by atoms with van der Waals surface area (Å²) in [5, 5.41) is 6.47. The molecule has 1 saturated carbocycles. The minimum Gasteiger partial charge on any atom is -0.497 e. The van der Waals surface area contributed by atoms with Gasteiger partial charge in [0.1, 0.15) is 17.1 Å². The van der Waals surface area contributed by atoms with Crippen LogP contribution in [0.3, 0.4) is 0 Å².